The van der Waals surface area contributed by atoms with Crippen LogP contribution in [-0.2, 0) is 20.6 Å². The number of methoxy groups -OCH3 is 1. The third-order valence-corrected chi connectivity index (χ3v) is 5.03. The van der Waals surface area contributed by atoms with Gasteiger partial charge in [0.15, 0.2) is 0 Å². The van der Waals surface area contributed by atoms with Crippen molar-refractivity contribution in [1.29, 1.82) is 0 Å². The molecular formula is C11H14Cl3NO3S. The predicted molar refractivity (Wildman–Crippen MR) is 77.7 cm³/mol. The minimum Gasteiger partial charge on any atom is -0.380 e. The maximum absolute atomic E-state index is 12.1. The molecule has 8 heteroatoms. The van der Waals surface area contributed by atoms with E-state index < -0.39 is 10.0 Å². The summed E-state index contributed by atoms with van der Waals surface area (Å²) < 4.78 is 31.6. The Morgan fingerprint density at radius 3 is 2.47 bits per heavy atom. The summed E-state index contributed by atoms with van der Waals surface area (Å²) in [7, 11) is -2.22. The molecule has 0 aliphatic heterocycles. The zero-order valence-corrected chi connectivity index (χ0v) is 13.5. The van der Waals surface area contributed by atoms with E-state index in [-0.39, 0.29) is 28.4 Å². The number of hydrogen-bond donors (Lipinski definition) is 1. The van der Waals surface area contributed by atoms with E-state index in [1.54, 1.807) is 6.92 Å². The van der Waals surface area contributed by atoms with Crippen molar-refractivity contribution in [2.75, 3.05) is 13.7 Å². The number of sulfonamides is 1. The molecule has 0 aliphatic carbocycles. The third kappa shape index (κ3) is 4.48. The predicted octanol–water partition coefficient (Wildman–Crippen LogP) is 3.05. The zero-order chi connectivity index (χ0) is 14.6. The Kier molecular flexibility index (Phi) is 6.36. The lowest BCUT2D eigenvalue weighted by Crippen LogP contribution is -2.31. The van der Waals surface area contributed by atoms with E-state index in [0.717, 1.165) is 0 Å². The van der Waals surface area contributed by atoms with Crippen LogP contribution in [0.3, 0.4) is 0 Å². The Morgan fingerprint density at radius 2 is 1.95 bits per heavy atom. The van der Waals surface area contributed by atoms with Gasteiger partial charge in [0.25, 0.3) is 0 Å². The monoisotopic (exact) mass is 345 g/mol. The van der Waals surface area contributed by atoms with Gasteiger partial charge in [-0.1, -0.05) is 23.2 Å². The topological polar surface area (TPSA) is 55.4 Å². The lowest BCUT2D eigenvalue weighted by molar-refractivity contribution is 0.122. The molecule has 1 N–H and O–H groups in total. The maximum Gasteiger partial charge on any atom is 0.242 e. The summed E-state index contributed by atoms with van der Waals surface area (Å²) >= 11 is 17.5. The molecule has 1 atom stereocenters. The summed E-state index contributed by atoms with van der Waals surface area (Å²) in [5.74, 6) is 0.104. The fourth-order valence-corrected chi connectivity index (χ4v) is 3.53. The number of rotatable bonds is 6. The third-order valence-electron chi connectivity index (χ3n) is 2.50. The average molecular weight is 347 g/mol. The van der Waals surface area contributed by atoms with Crippen LogP contribution >= 0.6 is 34.8 Å². The second-order valence-electron chi connectivity index (χ2n) is 3.91. The lowest BCUT2D eigenvalue weighted by Gasteiger charge is -2.13. The van der Waals surface area contributed by atoms with Gasteiger partial charge in [-0.2, -0.15) is 0 Å². The Hall–Kier alpha value is -0.0400. The van der Waals surface area contributed by atoms with Crippen LogP contribution in [0, 0.1) is 0 Å². The highest BCUT2D eigenvalue weighted by Gasteiger charge is 2.20. The first-order chi connectivity index (χ1) is 8.81. The number of nitrogens with one attached hydrogen (secondary N) is 1. The van der Waals surface area contributed by atoms with Crippen LogP contribution in [0.1, 0.15) is 12.5 Å². The second kappa shape index (κ2) is 7.11. The standard InChI is InChI=1S/C11H14Cl3NO3S/c1-7(18-2)6-15-19(16,17)11-3-8(5-12)9(13)4-10(11)14/h3-4,7,15H,5-6H2,1-2H3. The van der Waals surface area contributed by atoms with Gasteiger partial charge in [-0.15, -0.1) is 11.6 Å². The average Bonchev–Trinajstić information content (AvgIpc) is 2.35. The van der Waals surface area contributed by atoms with Crippen LogP contribution in [0.2, 0.25) is 10.0 Å². The molecule has 1 rings (SSSR count). The summed E-state index contributed by atoms with van der Waals surface area (Å²) in [6, 6.07) is 2.74. The van der Waals surface area contributed by atoms with Crippen molar-refractivity contribution < 1.29 is 13.2 Å². The minimum atomic E-state index is -3.72. The van der Waals surface area contributed by atoms with Gasteiger partial charge < -0.3 is 4.74 Å². The van der Waals surface area contributed by atoms with E-state index in [4.69, 9.17) is 39.5 Å². The zero-order valence-electron chi connectivity index (χ0n) is 10.4. The molecule has 0 radical (unpaired) electrons. The molecular weight excluding hydrogens is 333 g/mol. The lowest BCUT2D eigenvalue weighted by atomic mass is 10.2. The van der Waals surface area contributed by atoms with Crippen LogP contribution < -0.4 is 4.72 Å². The van der Waals surface area contributed by atoms with Crippen molar-refractivity contribution in [3.05, 3.63) is 27.7 Å². The van der Waals surface area contributed by atoms with Crippen LogP contribution in [0.5, 0.6) is 0 Å². The summed E-state index contributed by atoms with van der Waals surface area (Å²) in [5, 5.41) is 0.389. The van der Waals surface area contributed by atoms with E-state index in [9.17, 15) is 8.42 Å². The summed E-state index contributed by atoms with van der Waals surface area (Å²) in [5.41, 5.74) is 0.507. The first-order valence-corrected chi connectivity index (χ1v) is 8.15. The maximum atomic E-state index is 12.1. The van der Waals surface area contributed by atoms with Gasteiger partial charge in [-0.25, -0.2) is 13.1 Å². The van der Waals surface area contributed by atoms with Gasteiger partial charge >= 0.3 is 0 Å². The number of benzene rings is 1. The normalized spacial score (nSPS) is 13.5. The van der Waals surface area contributed by atoms with Crippen LogP contribution in [-0.4, -0.2) is 28.2 Å². The molecule has 0 heterocycles. The SMILES string of the molecule is COC(C)CNS(=O)(=O)c1cc(CCl)c(Cl)cc1Cl. The Labute approximate surface area is 128 Å². The minimum absolute atomic E-state index is 0.0440. The first-order valence-electron chi connectivity index (χ1n) is 5.38. The molecule has 0 aliphatic rings. The Bertz CT molecular complexity index is 548. The van der Waals surface area contributed by atoms with Gasteiger partial charge in [-0.3, -0.25) is 0 Å². The van der Waals surface area contributed by atoms with Gasteiger partial charge in [0.2, 0.25) is 10.0 Å². The van der Waals surface area contributed by atoms with E-state index in [1.165, 1.54) is 19.2 Å². The van der Waals surface area contributed by atoms with Crippen LogP contribution in [0.4, 0.5) is 0 Å². The Morgan fingerprint density at radius 1 is 1.32 bits per heavy atom. The summed E-state index contributed by atoms with van der Waals surface area (Å²) in [6.07, 6.45) is -0.242. The van der Waals surface area contributed by atoms with E-state index in [0.29, 0.717) is 10.6 Å². The molecule has 1 aromatic rings. The van der Waals surface area contributed by atoms with Crippen LogP contribution in [0.25, 0.3) is 0 Å². The fourth-order valence-electron chi connectivity index (χ4n) is 1.27. The molecule has 1 aromatic carbocycles. The van der Waals surface area contributed by atoms with Gasteiger partial charge in [-0.05, 0) is 24.6 Å². The molecule has 0 spiro atoms. The highest BCUT2D eigenvalue weighted by molar-refractivity contribution is 7.89. The second-order valence-corrected chi connectivity index (χ2v) is 6.72. The number of alkyl halides is 1. The summed E-state index contributed by atoms with van der Waals surface area (Å²) in [4.78, 5) is -0.0440. The van der Waals surface area contributed by atoms with Crippen molar-refractivity contribution >= 4 is 44.8 Å². The van der Waals surface area contributed by atoms with Gasteiger partial charge in [0, 0.05) is 24.6 Å². The van der Waals surface area contributed by atoms with E-state index in [1.807, 2.05) is 0 Å². The van der Waals surface area contributed by atoms with E-state index in [2.05, 4.69) is 4.72 Å². The first kappa shape index (κ1) is 17.0. The quantitative estimate of drug-likeness (QED) is 0.806. The molecule has 0 saturated heterocycles. The largest absolute Gasteiger partial charge is 0.380 e. The number of hydrogen-bond acceptors (Lipinski definition) is 3. The van der Waals surface area contributed by atoms with Crippen molar-refractivity contribution in [2.24, 2.45) is 0 Å². The van der Waals surface area contributed by atoms with Gasteiger partial charge in [0.1, 0.15) is 4.90 Å². The highest BCUT2D eigenvalue weighted by atomic mass is 35.5. The molecule has 0 bridgehead atoms. The van der Waals surface area contributed by atoms with Crippen molar-refractivity contribution in [3.63, 3.8) is 0 Å². The van der Waals surface area contributed by atoms with Crippen molar-refractivity contribution in [2.45, 2.75) is 23.8 Å². The fraction of sp³-hybridized carbons (Fsp3) is 0.455. The molecule has 1 unspecified atom stereocenters. The van der Waals surface area contributed by atoms with Crippen LogP contribution in [0.15, 0.2) is 17.0 Å². The summed E-state index contributed by atoms with van der Waals surface area (Å²) in [6.45, 7) is 1.89. The molecule has 19 heavy (non-hydrogen) atoms. The van der Waals surface area contributed by atoms with E-state index >= 15 is 0 Å². The molecule has 0 saturated carbocycles. The van der Waals surface area contributed by atoms with Gasteiger partial charge in [0.05, 0.1) is 11.1 Å². The van der Waals surface area contributed by atoms with Crippen molar-refractivity contribution in [1.82, 2.24) is 4.72 Å². The highest BCUT2D eigenvalue weighted by Crippen LogP contribution is 2.29. The Balaban J connectivity index is 3.07. The number of halogens is 3. The van der Waals surface area contributed by atoms with Crippen molar-refractivity contribution in [3.8, 4) is 0 Å². The number of ether oxygens (including phenoxy) is 1. The molecule has 0 fully saturated rings. The molecule has 108 valence electrons. The smallest absolute Gasteiger partial charge is 0.242 e. The molecule has 0 amide bonds. The molecule has 0 aromatic heterocycles. The molecule has 4 nitrogen and oxygen atoms in total.